The molecule has 0 fully saturated rings. The van der Waals surface area contributed by atoms with E-state index in [9.17, 15) is 0 Å². The van der Waals surface area contributed by atoms with E-state index >= 15 is 0 Å². The lowest BCUT2D eigenvalue weighted by Gasteiger charge is -2.02. The average molecular weight is 173 g/mol. The van der Waals surface area contributed by atoms with Crippen LogP contribution in [0.4, 0.5) is 5.69 Å². The van der Waals surface area contributed by atoms with Crippen molar-refractivity contribution in [2.75, 3.05) is 0 Å². The van der Waals surface area contributed by atoms with Crippen molar-refractivity contribution in [1.82, 2.24) is 0 Å². The van der Waals surface area contributed by atoms with Gasteiger partial charge in [0.2, 0.25) is 0 Å². The van der Waals surface area contributed by atoms with Crippen LogP contribution in [0.15, 0.2) is 33.7 Å². The Morgan fingerprint density at radius 2 is 2.15 bits per heavy atom. The second kappa shape index (κ2) is 2.36. The maximum Gasteiger partial charge on any atom is 0.175 e. The summed E-state index contributed by atoms with van der Waals surface area (Å²) in [6.07, 6.45) is 1.46. The lowest BCUT2D eigenvalue weighted by molar-refractivity contribution is 0.269. The molecule has 0 amide bonds. The third kappa shape index (κ3) is 0.869. The molecule has 0 atom stereocenters. The van der Waals surface area contributed by atoms with Gasteiger partial charge in [-0.2, -0.15) is 0 Å². The van der Waals surface area contributed by atoms with Gasteiger partial charge in [0.25, 0.3) is 0 Å². The number of hydrogen-bond donors (Lipinski definition) is 0. The van der Waals surface area contributed by atoms with E-state index in [-0.39, 0.29) is 0 Å². The van der Waals surface area contributed by atoms with Gasteiger partial charge in [-0.1, -0.05) is 12.1 Å². The van der Waals surface area contributed by atoms with Gasteiger partial charge in [0.05, 0.1) is 0 Å². The molecule has 1 aliphatic rings. The fourth-order valence-electron chi connectivity index (χ4n) is 1.52. The molecule has 0 aliphatic carbocycles. The van der Waals surface area contributed by atoms with E-state index in [1.807, 2.05) is 24.3 Å². The first-order valence-corrected chi connectivity index (χ1v) is 4.10. The summed E-state index contributed by atoms with van der Waals surface area (Å²) >= 11 is 0. The lowest BCUT2D eigenvalue weighted by atomic mass is 10.2. The summed E-state index contributed by atoms with van der Waals surface area (Å²) in [7, 11) is 0. The highest BCUT2D eigenvalue weighted by Crippen LogP contribution is 2.34. The van der Waals surface area contributed by atoms with E-state index in [0.717, 1.165) is 22.4 Å². The minimum Gasteiger partial charge on any atom is -0.475 e. The van der Waals surface area contributed by atoms with Crippen molar-refractivity contribution >= 4 is 23.1 Å². The van der Waals surface area contributed by atoms with Gasteiger partial charge in [0.15, 0.2) is 12.2 Å². The molecule has 0 saturated carbocycles. The van der Waals surface area contributed by atoms with Crippen LogP contribution in [0.3, 0.4) is 0 Å². The molecule has 1 aliphatic heterocycles. The Kier molecular flexibility index (Phi) is 1.22. The zero-order valence-corrected chi connectivity index (χ0v) is 6.86. The highest BCUT2D eigenvalue weighted by Gasteiger charge is 2.15. The van der Waals surface area contributed by atoms with E-state index in [0.29, 0.717) is 6.61 Å². The summed E-state index contributed by atoms with van der Waals surface area (Å²) in [6, 6.07) is 7.86. The molecule has 0 radical (unpaired) electrons. The van der Waals surface area contributed by atoms with Crippen molar-refractivity contribution in [3.05, 3.63) is 30.0 Å². The highest BCUT2D eigenvalue weighted by atomic mass is 16.5. The SMILES string of the molecule is C1=Nc2c(oc3ccccc23)CO1. The van der Waals surface area contributed by atoms with Crippen molar-refractivity contribution in [3.8, 4) is 0 Å². The molecule has 1 aromatic heterocycles. The Labute approximate surface area is 74.6 Å². The number of aliphatic imine (C=N–C) groups is 1. The summed E-state index contributed by atoms with van der Waals surface area (Å²) in [5.41, 5.74) is 1.78. The molecule has 1 aromatic carbocycles. The van der Waals surface area contributed by atoms with Gasteiger partial charge in [0, 0.05) is 5.39 Å². The molecule has 2 heterocycles. The first-order chi connectivity index (χ1) is 6.45. The molecule has 3 heteroatoms. The highest BCUT2D eigenvalue weighted by molar-refractivity contribution is 5.92. The lowest BCUT2D eigenvalue weighted by Crippen LogP contribution is -1.93. The van der Waals surface area contributed by atoms with E-state index in [4.69, 9.17) is 9.15 Å². The Morgan fingerprint density at radius 1 is 1.23 bits per heavy atom. The van der Waals surface area contributed by atoms with Crippen LogP contribution in [0.5, 0.6) is 0 Å². The third-order valence-electron chi connectivity index (χ3n) is 2.11. The molecule has 3 rings (SSSR count). The predicted molar refractivity (Wildman–Crippen MR) is 49.2 cm³/mol. The van der Waals surface area contributed by atoms with Crippen LogP contribution in [-0.4, -0.2) is 6.40 Å². The predicted octanol–water partition coefficient (Wildman–Crippen LogP) is 2.62. The summed E-state index contributed by atoms with van der Waals surface area (Å²) in [5, 5.41) is 1.05. The van der Waals surface area contributed by atoms with Crippen LogP contribution in [0.25, 0.3) is 11.0 Å². The van der Waals surface area contributed by atoms with Gasteiger partial charge in [-0.3, -0.25) is 0 Å². The maximum absolute atomic E-state index is 5.55. The van der Waals surface area contributed by atoms with E-state index in [1.54, 1.807) is 0 Å². The summed E-state index contributed by atoms with van der Waals surface area (Å²) < 4.78 is 10.6. The van der Waals surface area contributed by atoms with Gasteiger partial charge >= 0.3 is 0 Å². The quantitative estimate of drug-likeness (QED) is 0.613. The molecule has 0 unspecified atom stereocenters. The van der Waals surface area contributed by atoms with Crippen molar-refractivity contribution in [3.63, 3.8) is 0 Å². The van der Waals surface area contributed by atoms with Crippen molar-refractivity contribution < 1.29 is 9.15 Å². The zero-order chi connectivity index (χ0) is 8.67. The molecule has 0 bridgehead atoms. The molecule has 64 valence electrons. The number of ether oxygens (including phenoxy) is 1. The monoisotopic (exact) mass is 173 g/mol. The molecule has 2 aromatic rings. The minimum absolute atomic E-state index is 0.480. The first kappa shape index (κ1) is 6.71. The number of furan rings is 1. The normalized spacial score (nSPS) is 14.2. The number of nitrogens with zero attached hydrogens (tertiary/aromatic N) is 1. The molecular weight excluding hydrogens is 166 g/mol. The minimum atomic E-state index is 0.480. The van der Waals surface area contributed by atoms with Gasteiger partial charge < -0.3 is 9.15 Å². The van der Waals surface area contributed by atoms with Crippen LogP contribution in [0.1, 0.15) is 5.76 Å². The topological polar surface area (TPSA) is 34.7 Å². The van der Waals surface area contributed by atoms with Crippen LogP contribution < -0.4 is 0 Å². The van der Waals surface area contributed by atoms with E-state index < -0.39 is 0 Å². The Hall–Kier alpha value is -1.77. The fraction of sp³-hybridized carbons (Fsp3) is 0.100. The summed E-state index contributed by atoms with van der Waals surface area (Å²) in [5.74, 6) is 0.809. The Balaban J connectivity index is 2.42. The number of benzene rings is 1. The molecule has 0 N–H and O–H groups in total. The second-order valence-corrected chi connectivity index (χ2v) is 2.92. The van der Waals surface area contributed by atoms with Gasteiger partial charge in [-0.25, -0.2) is 4.99 Å². The standard InChI is InChI=1S/C10H7NO2/c1-2-4-8-7(3-1)10-9(13-8)5-12-6-11-10/h1-4,6H,5H2. The van der Waals surface area contributed by atoms with E-state index in [2.05, 4.69) is 4.99 Å². The molecule has 0 saturated heterocycles. The fourth-order valence-corrected chi connectivity index (χ4v) is 1.52. The number of para-hydroxylation sites is 1. The zero-order valence-electron chi connectivity index (χ0n) is 6.86. The van der Waals surface area contributed by atoms with Gasteiger partial charge in [0.1, 0.15) is 17.9 Å². The first-order valence-electron chi connectivity index (χ1n) is 4.10. The molecular formula is C10H7NO2. The molecule has 0 spiro atoms. The second-order valence-electron chi connectivity index (χ2n) is 2.92. The summed E-state index contributed by atoms with van der Waals surface area (Å²) in [6.45, 7) is 0.480. The third-order valence-corrected chi connectivity index (χ3v) is 2.11. The van der Waals surface area contributed by atoms with Crippen LogP contribution >= 0.6 is 0 Å². The smallest absolute Gasteiger partial charge is 0.175 e. The summed E-state index contributed by atoms with van der Waals surface area (Å²) in [4.78, 5) is 4.14. The number of fused-ring (bicyclic) bond motifs is 3. The molecule has 3 nitrogen and oxygen atoms in total. The number of hydrogen-bond acceptors (Lipinski definition) is 3. The van der Waals surface area contributed by atoms with Crippen molar-refractivity contribution in [2.45, 2.75) is 6.61 Å². The van der Waals surface area contributed by atoms with E-state index in [1.165, 1.54) is 6.40 Å². The van der Waals surface area contributed by atoms with Crippen LogP contribution in [0, 0.1) is 0 Å². The van der Waals surface area contributed by atoms with Crippen LogP contribution in [-0.2, 0) is 11.3 Å². The Morgan fingerprint density at radius 3 is 3.15 bits per heavy atom. The van der Waals surface area contributed by atoms with Gasteiger partial charge in [-0.05, 0) is 12.1 Å². The van der Waals surface area contributed by atoms with Crippen molar-refractivity contribution in [1.29, 1.82) is 0 Å². The van der Waals surface area contributed by atoms with Crippen molar-refractivity contribution in [2.24, 2.45) is 4.99 Å². The molecule has 13 heavy (non-hydrogen) atoms. The van der Waals surface area contributed by atoms with Crippen LogP contribution in [0.2, 0.25) is 0 Å². The maximum atomic E-state index is 5.55. The largest absolute Gasteiger partial charge is 0.475 e. The average Bonchev–Trinajstić information content (AvgIpc) is 2.56. The Bertz CT molecular complexity index is 485. The van der Waals surface area contributed by atoms with Gasteiger partial charge in [-0.15, -0.1) is 0 Å². The number of rotatable bonds is 0.